The van der Waals surface area contributed by atoms with E-state index in [1.54, 1.807) is 0 Å². The average molecular weight is 355 g/mol. The van der Waals surface area contributed by atoms with Gasteiger partial charge in [0.05, 0.1) is 4.47 Å². The summed E-state index contributed by atoms with van der Waals surface area (Å²) in [6.07, 6.45) is 4.01. The van der Waals surface area contributed by atoms with Crippen molar-refractivity contribution in [1.29, 1.82) is 0 Å². The van der Waals surface area contributed by atoms with Crippen LogP contribution in [0.4, 0.5) is 0 Å². The van der Waals surface area contributed by atoms with E-state index < -0.39 is 0 Å². The van der Waals surface area contributed by atoms with Crippen molar-refractivity contribution in [1.82, 2.24) is 4.90 Å². The summed E-state index contributed by atoms with van der Waals surface area (Å²) < 4.78 is 6.50. The highest BCUT2D eigenvalue weighted by molar-refractivity contribution is 9.10. The Hall–Kier alpha value is -1.07. The van der Waals surface area contributed by atoms with Crippen LogP contribution in [0.25, 0.3) is 0 Å². The van der Waals surface area contributed by atoms with Crippen molar-refractivity contribution >= 4 is 21.8 Å². The number of nitrogens with two attached hydrogens (primary N) is 1. The summed E-state index contributed by atoms with van der Waals surface area (Å²) in [7, 11) is 0. The first-order chi connectivity index (χ1) is 10.1. The van der Waals surface area contributed by atoms with Crippen molar-refractivity contribution in [2.24, 2.45) is 5.73 Å². The largest absolute Gasteiger partial charge is 0.483 e. The lowest BCUT2D eigenvalue weighted by Crippen LogP contribution is -2.32. The van der Waals surface area contributed by atoms with E-state index in [0.717, 1.165) is 43.2 Å². The molecule has 0 spiro atoms. The highest BCUT2D eigenvalue weighted by Gasteiger charge is 2.18. The molecule has 4 nitrogen and oxygen atoms in total. The maximum atomic E-state index is 12.0. The van der Waals surface area contributed by atoms with Gasteiger partial charge in [-0.25, -0.2) is 0 Å². The molecule has 0 aliphatic carbocycles. The van der Waals surface area contributed by atoms with Gasteiger partial charge < -0.3 is 15.4 Å². The molecular weight excluding hydrogens is 332 g/mol. The lowest BCUT2D eigenvalue weighted by atomic mass is 10.0. The molecule has 2 N–H and O–H groups in total. The third-order valence-electron chi connectivity index (χ3n) is 3.83. The Kier molecular flexibility index (Phi) is 6.06. The number of nitrogens with zero attached hydrogens (tertiary/aromatic N) is 1. The van der Waals surface area contributed by atoms with Crippen LogP contribution in [0.1, 0.15) is 31.7 Å². The molecule has 1 saturated heterocycles. The maximum Gasteiger partial charge on any atom is 0.260 e. The van der Waals surface area contributed by atoms with Crippen molar-refractivity contribution < 1.29 is 9.53 Å². The highest BCUT2D eigenvalue weighted by atomic mass is 79.9. The molecule has 1 aromatic rings. The van der Waals surface area contributed by atoms with E-state index in [2.05, 4.69) is 22.9 Å². The van der Waals surface area contributed by atoms with Gasteiger partial charge in [0, 0.05) is 19.1 Å². The third kappa shape index (κ3) is 4.71. The van der Waals surface area contributed by atoms with Gasteiger partial charge in [0.25, 0.3) is 5.91 Å². The number of halogens is 1. The molecule has 5 heteroatoms. The molecule has 0 bridgehead atoms. The van der Waals surface area contributed by atoms with Gasteiger partial charge in [0.15, 0.2) is 6.61 Å². The fraction of sp³-hybridized carbons (Fsp3) is 0.562. The maximum absolute atomic E-state index is 12.0. The summed E-state index contributed by atoms with van der Waals surface area (Å²) in [4.78, 5) is 13.8. The molecule has 2 rings (SSSR count). The predicted molar refractivity (Wildman–Crippen MR) is 87.4 cm³/mol. The molecule has 0 radical (unpaired) electrons. The summed E-state index contributed by atoms with van der Waals surface area (Å²) in [5.41, 5.74) is 7.14. The normalized spacial score (nSPS) is 16.0. The minimum absolute atomic E-state index is 0.0662. The standard InChI is InChI=1S/C16H23BrN2O2/c1-2-13(18)9-12-5-6-15(14(17)10-12)21-11-16(20)19-7-3-4-8-19/h5-6,10,13H,2-4,7-9,11,18H2,1H3. The van der Waals surface area contributed by atoms with Crippen LogP contribution in [0.2, 0.25) is 0 Å². The van der Waals surface area contributed by atoms with Gasteiger partial charge in [-0.15, -0.1) is 0 Å². The molecule has 0 aromatic heterocycles. The highest BCUT2D eigenvalue weighted by Crippen LogP contribution is 2.26. The van der Waals surface area contributed by atoms with E-state index in [4.69, 9.17) is 10.5 Å². The predicted octanol–water partition coefficient (Wildman–Crippen LogP) is 2.73. The van der Waals surface area contributed by atoms with Gasteiger partial charge in [0.2, 0.25) is 0 Å². The topological polar surface area (TPSA) is 55.6 Å². The quantitative estimate of drug-likeness (QED) is 0.854. The Bertz CT molecular complexity index is 487. The second-order valence-corrected chi connectivity index (χ2v) is 6.37. The Morgan fingerprint density at radius 2 is 2.14 bits per heavy atom. The van der Waals surface area contributed by atoms with E-state index in [-0.39, 0.29) is 18.6 Å². The Morgan fingerprint density at radius 3 is 2.76 bits per heavy atom. The first-order valence-electron chi connectivity index (χ1n) is 7.54. The number of carbonyl (C=O) groups excluding carboxylic acids is 1. The second kappa shape index (κ2) is 7.80. The molecule has 1 unspecified atom stereocenters. The Morgan fingerprint density at radius 1 is 1.43 bits per heavy atom. The van der Waals surface area contributed by atoms with Crippen molar-refractivity contribution in [3.05, 3.63) is 28.2 Å². The minimum atomic E-state index is 0.0662. The fourth-order valence-corrected chi connectivity index (χ4v) is 2.97. The van der Waals surface area contributed by atoms with Crippen molar-refractivity contribution in [2.75, 3.05) is 19.7 Å². The molecule has 1 aliphatic heterocycles. The summed E-state index contributed by atoms with van der Waals surface area (Å²) >= 11 is 3.50. The molecule has 1 aliphatic rings. The Balaban J connectivity index is 1.89. The van der Waals surface area contributed by atoms with Gasteiger partial charge in [0.1, 0.15) is 5.75 Å². The molecule has 1 fully saturated rings. The lowest BCUT2D eigenvalue weighted by molar-refractivity contribution is -0.132. The molecule has 0 saturated carbocycles. The number of carbonyl (C=O) groups is 1. The van der Waals surface area contributed by atoms with E-state index in [1.165, 1.54) is 5.56 Å². The minimum Gasteiger partial charge on any atom is -0.483 e. The van der Waals surface area contributed by atoms with Crippen LogP contribution in [-0.4, -0.2) is 36.5 Å². The van der Waals surface area contributed by atoms with E-state index in [9.17, 15) is 4.79 Å². The molecule has 1 aromatic carbocycles. The summed E-state index contributed by atoms with van der Waals surface area (Å²) in [5, 5.41) is 0. The van der Waals surface area contributed by atoms with Crippen LogP contribution in [0, 0.1) is 0 Å². The van der Waals surface area contributed by atoms with Crippen molar-refractivity contribution in [3.8, 4) is 5.75 Å². The summed E-state index contributed by atoms with van der Waals surface area (Å²) in [6.45, 7) is 3.90. The number of likely N-dealkylation sites (tertiary alicyclic amines) is 1. The smallest absolute Gasteiger partial charge is 0.260 e. The first-order valence-corrected chi connectivity index (χ1v) is 8.34. The van der Waals surface area contributed by atoms with Crippen LogP contribution in [-0.2, 0) is 11.2 Å². The van der Waals surface area contributed by atoms with Crippen LogP contribution < -0.4 is 10.5 Å². The average Bonchev–Trinajstić information content (AvgIpc) is 3.00. The van der Waals surface area contributed by atoms with Gasteiger partial charge in [-0.1, -0.05) is 13.0 Å². The first kappa shape index (κ1) is 16.3. The van der Waals surface area contributed by atoms with Crippen molar-refractivity contribution in [3.63, 3.8) is 0 Å². The summed E-state index contributed by atoms with van der Waals surface area (Å²) in [5.74, 6) is 0.771. The molecular formula is C16H23BrN2O2. The zero-order valence-corrected chi connectivity index (χ0v) is 14.1. The summed E-state index contributed by atoms with van der Waals surface area (Å²) in [6, 6.07) is 6.11. The van der Waals surface area contributed by atoms with Gasteiger partial charge in [-0.3, -0.25) is 4.79 Å². The number of benzene rings is 1. The monoisotopic (exact) mass is 354 g/mol. The SMILES string of the molecule is CCC(N)Cc1ccc(OCC(=O)N2CCCC2)c(Br)c1. The van der Waals surface area contributed by atoms with Crippen LogP contribution in [0.5, 0.6) is 5.75 Å². The van der Waals surface area contributed by atoms with E-state index in [0.29, 0.717) is 5.75 Å². The Labute approximate surface area is 134 Å². The van der Waals surface area contributed by atoms with Crippen LogP contribution in [0.3, 0.4) is 0 Å². The van der Waals surface area contributed by atoms with Crippen molar-refractivity contribution in [2.45, 2.75) is 38.6 Å². The number of hydrogen-bond acceptors (Lipinski definition) is 3. The molecule has 1 atom stereocenters. The zero-order valence-electron chi connectivity index (χ0n) is 12.5. The number of ether oxygens (including phenoxy) is 1. The van der Waals surface area contributed by atoms with E-state index >= 15 is 0 Å². The molecule has 1 amide bonds. The molecule has 21 heavy (non-hydrogen) atoms. The van der Waals surface area contributed by atoms with Gasteiger partial charge in [-0.05, 0) is 59.3 Å². The number of rotatable bonds is 6. The lowest BCUT2D eigenvalue weighted by Gasteiger charge is -2.16. The van der Waals surface area contributed by atoms with E-state index in [1.807, 2.05) is 23.1 Å². The second-order valence-electron chi connectivity index (χ2n) is 5.51. The zero-order chi connectivity index (χ0) is 15.2. The number of hydrogen-bond donors (Lipinski definition) is 1. The third-order valence-corrected chi connectivity index (χ3v) is 4.45. The molecule has 1 heterocycles. The fourth-order valence-electron chi connectivity index (χ4n) is 2.43. The number of amides is 1. The van der Waals surface area contributed by atoms with Gasteiger partial charge >= 0.3 is 0 Å². The molecule has 116 valence electrons. The van der Waals surface area contributed by atoms with Crippen LogP contribution >= 0.6 is 15.9 Å². The van der Waals surface area contributed by atoms with Gasteiger partial charge in [-0.2, -0.15) is 0 Å². The van der Waals surface area contributed by atoms with Crippen LogP contribution in [0.15, 0.2) is 22.7 Å².